The van der Waals surface area contributed by atoms with Crippen LogP contribution in [0.4, 0.5) is 0 Å². The predicted octanol–water partition coefficient (Wildman–Crippen LogP) is 16.7. The van der Waals surface area contributed by atoms with Crippen LogP contribution >= 0.6 is 0 Å². The van der Waals surface area contributed by atoms with Gasteiger partial charge in [0.15, 0.2) is 0 Å². The third-order valence-corrected chi connectivity index (χ3v) is 14.3. The first-order valence-electron chi connectivity index (χ1n) is 22.5. The van der Waals surface area contributed by atoms with Crippen LogP contribution in [0, 0.1) is 0 Å². The second-order valence-corrected chi connectivity index (χ2v) is 17.7. The second-order valence-electron chi connectivity index (χ2n) is 17.7. The Balaban J connectivity index is 0.995. The highest BCUT2D eigenvalue weighted by Crippen LogP contribution is 2.45. The van der Waals surface area contributed by atoms with Gasteiger partial charge >= 0.3 is 0 Å². The fourth-order valence-corrected chi connectivity index (χ4v) is 11.3. The van der Waals surface area contributed by atoms with Crippen molar-refractivity contribution in [1.82, 2.24) is 13.5 Å². The third kappa shape index (κ3) is 4.90. The average molecular weight is 824 g/mol. The molecule has 4 heterocycles. The zero-order valence-corrected chi connectivity index (χ0v) is 35.2. The molecule has 15 aromatic rings. The van der Waals surface area contributed by atoms with Gasteiger partial charge in [-0.3, -0.25) is 0 Å². The number of hydrogen-bond acceptors (Lipinski definition) is 0. The Bertz CT molecular complexity index is 4100. The van der Waals surface area contributed by atoms with Crippen LogP contribution in [-0.4, -0.2) is 13.5 Å². The first kappa shape index (κ1) is 34.9. The summed E-state index contributed by atoms with van der Waals surface area (Å²) in [6.45, 7) is 0. The molecule has 0 saturated heterocycles. The fourth-order valence-electron chi connectivity index (χ4n) is 11.3. The van der Waals surface area contributed by atoms with E-state index in [0.29, 0.717) is 0 Å². The molecule has 0 aliphatic heterocycles. The lowest BCUT2D eigenvalue weighted by Crippen LogP contribution is -1.94. The van der Waals surface area contributed by atoms with Crippen molar-refractivity contribution < 1.29 is 0 Å². The summed E-state index contributed by atoms with van der Waals surface area (Å²) < 4.78 is 7.40. The molecule has 0 bridgehead atoms. The zero-order valence-electron chi connectivity index (χ0n) is 35.2. The van der Waals surface area contributed by atoms with Crippen LogP contribution in [0.15, 0.2) is 224 Å². The number of hydrogen-bond donors (Lipinski definition) is 0. The smallest absolute Gasteiger partial charge is 0.0620 e. The van der Waals surface area contributed by atoms with E-state index in [-0.39, 0.29) is 0 Å². The first-order valence-corrected chi connectivity index (χ1v) is 22.5. The molecule has 0 amide bonds. The zero-order chi connectivity index (χ0) is 42.3. The molecule has 0 aliphatic carbocycles. The van der Waals surface area contributed by atoms with Crippen molar-refractivity contribution in [3.05, 3.63) is 224 Å². The number of nitrogens with zero attached hydrogens (tertiary/aromatic N) is 3. The normalized spacial score (nSPS) is 12.3. The lowest BCUT2D eigenvalue weighted by Gasteiger charge is -2.11. The van der Waals surface area contributed by atoms with Gasteiger partial charge in [0.05, 0.1) is 38.6 Å². The average Bonchev–Trinajstić information content (AvgIpc) is 4.09. The number of para-hydroxylation sites is 4. The monoisotopic (exact) mass is 823 g/mol. The van der Waals surface area contributed by atoms with Gasteiger partial charge in [-0.15, -0.1) is 0 Å². The van der Waals surface area contributed by atoms with Gasteiger partial charge in [0.1, 0.15) is 0 Å². The van der Waals surface area contributed by atoms with E-state index in [0.717, 1.165) is 11.4 Å². The molecule has 0 fully saturated rings. The Labute approximate surface area is 373 Å². The quantitative estimate of drug-likeness (QED) is 0.168. The summed E-state index contributed by atoms with van der Waals surface area (Å²) >= 11 is 0. The fraction of sp³-hybridized carbons (Fsp3) is 0. The second kappa shape index (κ2) is 12.9. The van der Waals surface area contributed by atoms with Crippen LogP contribution in [0.5, 0.6) is 0 Å². The third-order valence-electron chi connectivity index (χ3n) is 14.3. The largest absolute Gasteiger partial charge is 0.309 e. The molecule has 0 atom stereocenters. The standard InChI is InChI=1S/C62H37N3/c1-2-12-38(13-3-1)39-22-24-40(25-23-39)45-34-54-52-32-41-26-28-46(63-56-18-8-4-14-48(56)49-15-5-9-19-57(49)63)30-43(41)36-60(52)65-61-37-44-31-47(29-27-42(44)33-53(61)55(35-45)62(54)65)64-58-20-10-6-16-50(58)51-17-7-11-21-59(51)64/h1-37H. The van der Waals surface area contributed by atoms with Crippen molar-refractivity contribution in [2.45, 2.75) is 0 Å². The Hall–Kier alpha value is -8.66. The molecule has 0 unspecified atom stereocenters. The van der Waals surface area contributed by atoms with Gasteiger partial charge in [0.2, 0.25) is 0 Å². The van der Waals surface area contributed by atoms with Crippen LogP contribution in [0.1, 0.15) is 0 Å². The van der Waals surface area contributed by atoms with E-state index in [4.69, 9.17) is 0 Å². The molecular weight excluding hydrogens is 787 g/mol. The minimum absolute atomic E-state index is 1.16. The summed E-state index contributed by atoms with van der Waals surface area (Å²) in [5.74, 6) is 0. The summed E-state index contributed by atoms with van der Waals surface area (Å²) in [6.07, 6.45) is 0. The number of rotatable bonds is 4. The van der Waals surface area contributed by atoms with Gasteiger partial charge in [-0.05, 0) is 129 Å². The lowest BCUT2D eigenvalue weighted by molar-refractivity contribution is 1.19. The SMILES string of the molecule is c1ccc(-c2ccc(-c3cc4c5cc6ccc(-n7c8ccccc8c8ccccc87)cc6cc5n5c6cc7cc(-n8c9ccccc9c9ccccc98)ccc7cc6c(c3)c45)cc2)cc1. The molecule has 65 heavy (non-hydrogen) atoms. The van der Waals surface area contributed by atoms with E-state index in [1.165, 1.54) is 126 Å². The minimum Gasteiger partial charge on any atom is -0.309 e. The van der Waals surface area contributed by atoms with Gasteiger partial charge in [-0.1, -0.05) is 140 Å². The summed E-state index contributed by atoms with van der Waals surface area (Å²) in [5, 5.41) is 15.1. The van der Waals surface area contributed by atoms with E-state index in [2.05, 4.69) is 238 Å². The van der Waals surface area contributed by atoms with E-state index in [1.54, 1.807) is 0 Å². The van der Waals surface area contributed by atoms with E-state index < -0.39 is 0 Å². The molecule has 0 aliphatic rings. The van der Waals surface area contributed by atoms with Crippen molar-refractivity contribution >= 4 is 103 Å². The predicted molar refractivity (Wildman–Crippen MR) is 276 cm³/mol. The van der Waals surface area contributed by atoms with Crippen LogP contribution in [0.25, 0.3) is 137 Å². The van der Waals surface area contributed by atoms with Crippen LogP contribution < -0.4 is 0 Å². The van der Waals surface area contributed by atoms with Gasteiger partial charge < -0.3 is 13.5 Å². The highest BCUT2D eigenvalue weighted by Gasteiger charge is 2.22. The van der Waals surface area contributed by atoms with Crippen molar-refractivity contribution in [2.24, 2.45) is 0 Å². The molecule has 0 N–H and O–H groups in total. The Morgan fingerprint density at radius 3 is 1.05 bits per heavy atom. The Morgan fingerprint density at radius 1 is 0.215 bits per heavy atom. The molecule has 300 valence electrons. The lowest BCUT2D eigenvalue weighted by atomic mass is 9.96. The highest BCUT2D eigenvalue weighted by molar-refractivity contribution is 6.27. The Morgan fingerprint density at radius 2 is 0.600 bits per heavy atom. The molecule has 0 spiro atoms. The van der Waals surface area contributed by atoms with Gasteiger partial charge in [0.25, 0.3) is 0 Å². The maximum Gasteiger partial charge on any atom is 0.0620 e. The first-order chi connectivity index (χ1) is 32.2. The molecule has 3 heteroatoms. The van der Waals surface area contributed by atoms with Crippen molar-refractivity contribution in [3.63, 3.8) is 0 Å². The van der Waals surface area contributed by atoms with E-state index in [9.17, 15) is 0 Å². The van der Waals surface area contributed by atoms with Crippen molar-refractivity contribution in [3.8, 4) is 33.6 Å². The van der Waals surface area contributed by atoms with Crippen LogP contribution in [0.2, 0.25) is 0 Å². The molecule has 11 aromatic carbocycles. The van der Waals surface area contributed by atoms with Gasteiger partial charge in [0, 0.05) is 54.5 Å². The van der Waals surface area contributed by atoms with Crippen molar-refractivity contribution in [1.29, 1.82) is 0 Å². The molecule has 15 rings (SSSR count). The summed E-state index contributed by atoms with van der Waals surface area (Å²) in [4.78, 5) is 0. The van der Waals surface area contributed by atoms with Crippen molar-refractivity contribution in [2.75, 3.05) is 0 Å². The van der Waals surface area contributed by atoms with E-state index in [1.807, 2.05) is 0 Å². The highest BCUT2D eigenvalue weighted by atomic mass is 15.0. The maximum atomic E-state index is 2.55. The summed E-state index contributed by atoms with van der Waals surface area (Å²) in [6, 6.07) is 83.4. The molecule has 3 nitrogen and oxygen atoms in total. The van der Waals surface area contributed by atoms with Crippen LogP contribution in [0.3, 0.4) is 0 Å². The van der Waals surface area contributed by atoms with E-state index >= 15 is 0 Å². The molecular formula is C62H37N3. The number of benzene rings is 11. The number of aromatic nitrogens is 3. The molecule has 4 aromatic heterocycles. The number of fused-ring (bicyclic) bond motifs is 14. The van der Waals surface area contributed by atoms with Gasteiger partial charge in [-0.25, -0.2) is 0 Å². The molecule has 0 saturated carbocycles. The summed E-state index contributed by atoms with van der Waals surface area (Å²) in [7, 11) is 0. The molecule has 0 radical (unpaired) electrons. The maximum absolute atomic E-state index is 2.55. The Kier molecular flexibility index (Phi) is 6.95. The van der Waals surface area contributed by atoms with Crippen LogP contribution in [-0.2, 0) is 0 Å². The minimum atomic E-state index is 1.16. The van der Waals surface area contributed by atoms with Gasteiger partial charge in [-0.2, -0.15) is 0 Å². The summed E-state index contributed by atoms with van der Waals surface area (Å²) in [5.41, 5.74) is 15.8. The topological polar surface area (TPSA) is 14.3 Å².